The smallest absolute Gasteiger partial charge is 0.0558 e. The Morgan fingerprint density at radius 1 is 1.24 bits per heavy atom. The van der Waals surface area contributed by atoms with Crippen LogP contribution in [0.2, 0.25) is 0 Å². The second kappa shape index (κ2) is 9.81. The van der Waals surface area contributed by atoms with Gasteiger partial charge in [0.15, 0.2) is 0 Å². The van der Waals surface area contributed by atoms with Crippen LogP contribution in [0.4, 0.5) is 0 Å². The molecule has 2 N–H and O–H groups in total. The van der Waals surface area contributed by atoms with Gasteiger partial charge in [0.05, 0.1) is 6.61 Å². The van der Waals surface area contributed by atoms with E-state index in [4.69, 9.17) is 0 Å². The summed E-state index contributed by atoms with van der Waals surface area (Å²) in [6.07, 6.45) is 7.94. The molecule has 21 heavy (non-hydrogen) atoms. The lowest BCUT2D eigenvalue weighted by molar-refractivity contribution is 0.0737. The summed E-state index contributed by atoms with van der Waals surface area (Å²) >= 11 is 0. The zero-order valence-corrected chi connectivity index (χ0v) is 14.8. The van der Waals surface area contributed by atoms with Gasteiger partial charge in [0.25, 0.3) is 0 Å². The molecule has 1 aliphatic rings. The Kier molecular flexibility index (Phi) is 8.84. The van der Waals surface area contributed by atoms with Gasteiger partial charge < -0.3 is 10.4 Å². The minimum atomic E-state index is 0.287. The summed E-state index contributed by atoms with van der Waals surface area (Å²) in [5, 5.41) is 13.1. The van der Waals surface area contributed by atoms with E-state index in [0.29, 0.717) is 17.4 Å². The van der Waals surface area contributed by atoms with Crippen molar-refractivity contribution in [2.24, 2.45) is 11.3 Å². The fourth-order valence-electron chi connectivity index (χ4n) is 3.41. The second-order valence-electron chi connectivity index (χ2n) is 7.67. The molecule has 1 saturated carbocycles. The highest BCUT2D eigenvalue weighted by atomic mass is 16.3. The van der Waals surface area contributed by atoms with Gasteiger partial charge in [-0.2, -0.15) is 0 Å². The fraction of sp³-hybridized carbons (Fsp3) is 1.00. The molecule has 3 heteroatoms. The number of nitrogens with zero attached hydrogens (tertiary/aromatic N) is 1. The largest absolute Gasteiger partial charge is 0.395 e. The van der Waals surface area contributed by atoms with Crippen molar-refractivity contribution in [3.05, 3.63) is 0 Å². The zero-order chi connectivity index (χ0) is 15.7. The van der Waals surface area contributed by atoms with Crippen molar-refractivity contribution in [3.8, 4) is 0 Å². The first-order valence-corrected chi connectivity index (χ1v) is 9.06. The molecule has 0 aliphatic heterocycles. The lowest BCUT2D eigenvalue weighted by Crippen LogP contribution is -2.48. The van der Waals surface area contributed by atoms with Gasteiger partial charge in [0, 0.05) is 25.7 Å². The number of aliphatic hydroxyl groups is 1. The molecule has 0 aromatic rings. The van der Waals surface area contributed by atoms with Crippen LogP contribution in [0.5, 0.6) is 0 Å². The normalized spacial score (nSPS) is 20.1. The Morgan fingerprint density at radius 2 is 1.90 bits per heavy atom. The third-order valence-corrected chi connectivity index (χ3v) is 5.02. The van der Waals surface area contributed by atoms with Crippen molar-refractivity contribution >= 4 is 0 Å². The highest BCUT2D eigenvalue weighted by molar-refractivity contribution is 4.84. The van der Waals surface area contributed by atoms with Gasteiger partial charge in [-0.25, -0.2) is 0 Å². The van der Waals surface area contributed by atoms with Crippen molar-refractivity contribution in [2.45, 2.75) is 72.3 Å². The second-order valence-corrected chi connectivity index (χ2v) is 7.67. The molecule has 1 aliphatic carbocycles. The zero-order valence-electron chi connectivity index (χ0n) is 14.8. The van der Waals surface area contributed by atoms with E-state index in [0.717, 1.165) is 26.2 Å². The molecule has 1 fully saturated rings. The van der Waals surface area contributed by atoms with Crippen LogP contribution in [0.1, 0.15) is 66.2 Å². The average Bonchev–Trinajstić information content (AvgIpc) is 2.47. The molecule has 126 valence electrons. The van der Waals surface area contributed by atoms with Gasteiger partial charge in [0.2, 0.25) is 0 Å². The molecule has 0 aromatic heterocycles. The molecule has 1 atom stereocenters. The van der Waals surface area contributed by atoms with Crippen LogP contribution in [-0.4, -0.2) is 48.8 Å². The third-order valence-electron chi connectivity index (χ3n) is 5.02. The summed E-state index contributed by atoms with van der Waals surface area (Å²) in [6.45, 7) is 13.6. The molecule has 0 heterocycles. The summed E-state index contributed by atoms with van der Waals surface area (Å²) in [6, 6.07) is 0.696. The average molecular weight is 299 g/mol. The van der Waals surface area contributed by atoms with Gasteiger partial charge in [-0.15, -0.1) is 0 Å². The van der Waals surface area contributed by atoms with Crippen molar-refractivity contribution in [2.75, 3.05) is 32.8 Å². The van der Waals surface area contributed by atoms with E-state index >= 15 is 0 Å². The molecular formula is C18H38N2O. The Morgan fingerprint density at radius 3 is 2.43 bits per heavy atom. The molecule has 0 saturated heterocycles. The number of rotatable bonds is 10. The lowest BCUT2D eigenvalue weighted by atomic mass is 9.84. The van der Waals surface area contributed by atoms with Crippen LogP contribution in [0.15, 0.2) is 0 Å². The third kappa shape index (κ3) is 7.12. The van der Waals surface area contributed by atoms with Gasteiger partial charge in [-0.05, 0) is 37.1 Å². The van der Waals surface area contributed by atoms with E-state index in [2.05, 4.69) is 37.9 Å². The SMILES string of the molecule is CCC(C)(CNCC(C)C)CN(CCO)C1CCCCC1. The summed E-state index contributed by atoms with van der Waals surface area (Å²) in [5.41, 5.74) is 0.307. The fourth-order valence-corrected chi connectivity index (χ4v) is 3.41. The van der Waals surface area contributed by atoms with Crippen molar-refractivity contribution in [1.82, 2.24) is 10.2 Å². The topological polar surface area (TPSA) is 35.5 Å². The molecule has 0 radical (unpaired) electrons. The van der Waals surface area contributed by atoms with E-state index in [1.54, 1.807) is 0 Å². The Hall–Kier alpha value is -0.120. The number of hydrogen-bond acceptors (Lipinski definition) is 3. The molecule has 0 aromatic carbocycles. The summed E-state index contributed by atoms with van der Waals surface area (Å²) in [4.78, 5) is 2.57. The first-order chi connectivity index (χ1) is 10.0. The highest BCUT2D eigenvalue weighted by Gasteiger charge is 2.29. The first-order valence-electron chi connectivity index (χ1n) is 9.06. The van der Waals surface area contributed by atoms with E-state index in [9.17, 15) is 5.11 Å². The van der Waals surface area contributed by atoms with E-state index < -0.39 is 0 Å². The van der Waals surface area contributed by atoms with E-state index in [1.165, 1.54) is 38.5 Å². The Labute approximate surface area is 132 Å². The summed E-state index contributed by atoms with van der Waals surface area (Å²) < 4.78 is 0. The Bertz CT molecular complexity index is 264. The first kappa shape index (κ1) is 18.9. The molecular weight excluding hydrogens is 260 g/mol. The van der Waals surface area contributed by atoms with Gasteiger partial charge in [0.1, 0.15) is 0 Å². The van der Waals surface area contributed by atoms with Crippen LogP contribution < -0.4 is 5.32 Å². The monoisotopic (exact) mass is 298 g/mol. The minimum Gasteiger partial charge on any atom is -0.395 e. The quantitative estimate of drug-likeness (QED) is 0.650. The van der Waals surface area contributed by atoms with Crippen LogP contribution in [0, 0.1) is 11.3 Å². The van der Waals surface area contributed by atoms with Crippen molar-refractivity contribution < 1.29 is 5.11 Å². The van der Waals surface area contributed by atoms with E-state index in [-0.39, 0.29) is 6.61 Å². The van der Waals surface area contributed by atoms with Crippen LogP contribution in [0.3, 0.4) is 0 Å². The number of hydrogen-bond donors (Lipinski definition) is 2. The summed E-state index contributed by atoms with van der Waals surface area (Å²) in [5.74, 6) is 0.706. The molecule has 1 unspecified atom stereocenters. The molecule has 0 spiro atoms. The maximum Gasteiger partial charge on any atom is 0.0558 e. The van der Waals surface area contributed by atoms with E-state index in [1.807, 2.05) is 0 Å². The van der Waals surface area contributed by atoms with Gasteiger partial charge in [-0.1, -0.05) is 47.0 Å². The molecule has 1 rings (SSSR count). The minimum absolute atomic E-state index is 0.287. The number of aliphatic hydroxyl groups excluding tert-OH is 1. The van der Waals surface area contributed by atoms with Crippen LogP contribution in [0.25, 0.3) is 0 Å². The van der Waals surface area contributed by atoms with Crippen LogP contribution in [-0.2, 0) is 0 Å². The predicted molar refractivity (Wildman–Crippen MR) is 91.6 cm³/mol. The molecule has 0 bridgehead atoms. The Balaban J connectivity index is 2.55. The summed E-state index contributed by atoms with van der Waals surface area (Å²) in [7, 11) is 0. The van der Waals surface area contributed by atoms with Gasteiger partial charge >= 0.3 is 0 Å². The maximum atomic E-state index is 9.43. The molecule has 0 amide bonds. The van der Waals surface area contributed by atoms with Crippen molar-refractivity contribution in [1.29, 1.82) is 0 Å². The standard InChI is InChI=1S/C18H38N2O/c1-5-18(4,14-19-13-16(2)3)15-20(11-12-21)17-9-7-6-8-10-17/h16-17,19,21H,5-15H2,1-4H3. The number of nitrogens with one attached hydrogen (secondary N) is 1. The molecule has 3 nitrogen and oxygen atoms in total. The van der Waals surface area contributed by atoms with Crippen LogP contribution >= 0.6 is 0 Å². The highest BCUT2D eigenvalue weighted by Crippen LogP contribution is 2.28. The van der Waals surface area contributed by atoms with Gasteiger partial charge in [-0.3, -0.25) is 4.90 Å². The lowest BCUT2D eigenvalue weighted by Gasteiger charge is -2.40. The predicted octanol–water partition coefficient (Wildman–Crippen LogP) is 3.28. The van der Waals surface area contributed by atoms with Crippen molar-refractivity contribution in [3.63, 3.8) is 0 Å². The maximum absolute atomic E-state index is 9.43.